The van der Waals surface area contributed by atoms with Crippen LogP contribution < -0.4 is 5.32 Å². The predicted molar refractivity (Wildman–Crippen MR) is 53.5 cm³/mol. The van der Waals surface area contributed by atoms with Gasteiger partial charge in [0, 0.05) is 18.9 Å². The van der Waals surface area contributed by atoms with E-state index in [1.54, 1.807) is 6.26 Å². The maximum atomic E-state index is 11.0. The van der Waals surface area contributed by atoms with Crippen LogP contribution in [-0.2, 0) is 4.79 Å². The minimum atomic E-state index is 0.141. The van der Waals surface area contributed by atoms with Crippen molar-refractivity contribution in [1.82, 2.24) is 5.32 Å². The fraction of sp³-hybridized carbons (Fsp3) is 0.364. The molecule has 1 unspecified atom stereocenters. The van der Waals surface area contributed by atoms with Crippen LogP contribution in [0.25, 0.3) is 6.08 Å². The van der Waals surface area contributed by atoms with Crippen LogP contribution in [-0.4, -0.2) is 12.5 Å². The summed E-state index contributed by atoms with van der Waals surface area (Å²) in [5, 5.41) is 2.82. The van der Waals surface area contributed by atoms with Gasteiger partial charge in [-0.15, -0.1) is 0 Å². The summed E-state index contributed by atoms with van der Waals surface area (Å²) >= 11 is 0. The fourth-order valence-electron chi connectivity index (χ4n) is 1.64. The van der Waals surface area contributed by atoms with Crippen LogP contribution >= 0.6 is 0 Å². The molecule has 1 aromatic rings. The van der Waals surface area contributed by atoms with Crippen molar-refractivity contribution in [2.75, 3.05) is 6.54 Å². The van der Waals surface area contributed by atoms with Crippen LogP contribution in [0.15, 0.2) is 28.4 Å². The molecule has 0 saturated carbocycles. The van der Waals surface area contributed by atoms with E-state index in [1.807, 2.05) is 25.1 Å². The lowest BCUT2D eigenvalue weighted by molar-refractivity contribution is -0.119. The molecule has 74 valence electrons. The summed E-state index contributed by atoms with van der Waals surface area (Å²) in [6.45, 7) is 2.79. The highest BCUT2D eigenvalue weighted by atomic mass is 16.3. The van der Waals surface area contributed by atoms with E-state index in [2.05, 4.69) is 5.32 Å². The summed E-state index contributed by atoms with van der Waals surface area (Å²) in [6, 6.07) is 3.77. The third kappa shape index (κ3) is 1.87. The number of nitrogens with one attached hydrogen (secondary N) is 1. The van der Waals surface area contributed by atoms with Crippen molar-refractivity contribution in [2.24, 2.45) is 5.92 Å². The largest absolute Gasteiger partial charge is 0.465 e. The van der Waals surface area contributed by atoms with Gasteiger partial charge in [0.25, 0.3) is 0 Å². The summed E-state index contributed by atoms with van der Waals surface area (Å²) in [6.07, 6.45) is 4.24. The molecule has 3 nitrogen and oxygen atoms in total. The molecule has 3 heteroatoms. The number of hydrogen-bond acceptors (Lipinski definition) is 2. The van der Waals surface area contributed by atoms with Gasteiger partial charge in [-0.2, -0.15) is 0 Å². The van der Waals surface area contributed by atoms with Gasteiger partial charge >= 0.3 is 0 Å². The van der Waals surface area contributed by atoms with Gasteiger partial charge in [0.05, 0.1) is 6.26 Å². The summed E-state index contributed by atoms with van der Waals surface area (Å²) in [5.41, 5.74) is 1.19. The first-order valence-electron chi connectivity index (χ1n) is 4.74. The lowest BCUT2D eigenvalue weighted by Crippen LogP contribution is -2.14. The van der Waals surface area contributed by atoms with Crippen molar-refractivity contribution in [3.63, 3.8) is 0 Å². The first-order valence-corrected chi connectivity index (χ1v) is 4.74. The number of carbonyl (C=O) groups excluding carboxylic acids is 1. The standard InChI is InChI=1S/C11H13NO2/c1-8(5-10-3-2-4-14-10)9-6-11(13)12-7-9/h2-5,9H,6-7H2,1H3,(H,12,13)/b8-5+. The van der Waals surface area contributed by atoms with Crippen molar-refractivity contribution in [3.8, 4) is 0 Å². The molecule has 1 aliphatic rings. The van der Waals surface area contributed by atoms with Crippen LogP contribution in [0.3, 0.4) is 0 Å². The second-order valence-corrected chi connectivity index (χ2v) is 3.61. The second-order valence-electron chi connectivity index (χ2n) is 3.61. The molecule has 14 heavy (non-hydrogen) atoms. The Kier molecular flexibility index (Phi) is 2.39. The summed E-state index contributed by atoms with van der Waals surface area (Å²) < 4.78 is 5.21. The average molecular weight is 191 g/mol. The molecule has 0 aromatic carbocycles. The van der Waals surface area contributed by atoms with Crippen molar-refractivity contribution in [2.45, 2.75) is 13.3 Å². The highest BCUT2D eigenvalue weighted by Crippen LogP contribution is 2.21. The van der Waals surface area contributed by atoms with Crippen molar-refractivity contribution in [3.05, 3.63) is 29.7 Å². The van der Waals surface area contributed by atoms with Gasteiger partial charge in [-0.1, -0.05) is 5.57 Å². The first-order chi connectivity index (χ1) is 6.75. The molecule has 0 radical (unpaired) electrons. The third-order valence-electron chi connectivity index (χ3n) is 2.53. The number of hydrogen-bond donors (Lipinski definition) is 1. The summed E-state index contributed by atoms with van der Waals surface area (Å²) in [5.74, 6) is 1.32. The van der Waals surface area contributed by atoms with E-state index >= 15 is 0 Å². The maximum Gasteiger partial charge on any atom is 0.220 e. The number of carbonyl (C=O) groups is 1. The number of furan rings is 1. The third-order valence-corrected chi connectivity index (χ3v) is 2.53. The van der Waals surface area contributed by atoms with E-state index < -0.39 is 0 Å². The predicted octanol–water partition coefficient (Wildman–Crippen LogP) is 1.82. The molecule has 2 heterocycles. The van der Waals surface area contributed by atoms with Crippen LogP contribution in [0.4, 0.5) is 0 Å². The lowest BCUT2D eigenvalue weighted by atomic mass is 9.99. The number of amides is 1. The molecule has 1 fully saturated rings. The minimum absolute atomic E-state index is 0.141. The molecule has 0 aliphatic carbocycles. The van der Waals surface area contributed by atoms with E-state index in [4.69, 9.17) is 4.42 Å². The Hall–Kier alpha value is -1.51. The lowest BCUT2D eigenvalue weighted by Gasteiger charge is -2.06. The number of rotatable bonds is 2. The Morgan fingerprint density at radius 1 is 1.71 bits per heavy atom. The van der Waals surface area contributed by atoms with Crippen molar-refractivity contribution in [1.29, 1.82) is 0 Å². The Balaban J connectivity index is 2.08. The van der Waals surface area contributed by atoms with Crippen LogP contribution in [0.2, 0.25) is 0 Å². The zero-order valence-electron chi connectivity index (χ0n) is 8.12. The van der Waals surface area contributed by atoms with E-state index in [0.29, 0.717) is 12.3 Å². The van der Waals surface area contributed by atoms with E-state index in [-0.39, 0.29) is 5.91 Å². The Labute approximate surface area is 82.8 Å². The van der Waals surface area contributed by atoms with Gasteiger partial charge < -0.3 is 9.73 Å². The van der Waals surface area contributed by atoms with Crippen LogP contribution in [0.5, 0.6) is 0 Å². The molecule has 0 spiro atoms. The molecule has 1 atom stereocenters. The fourth-order valence-corrected chi connectivity index (χ4v) is 1.64. The summed E-state index contributed by atoms with van der Waals surface area (Å²) in [7, 11) is 0. The zero-order valence-corrected chi connectivity index (χ0v) is 8.12. The molecule has 1 aromatic heterocycles. The second kappa shape index (κ2) is 3.70. The maximum absolute atomic E-state index is 11.0. The van der Waals surface area contributed by atoms with Gasteiger partial charge in [0.1, 0.15) is 5.76 Å². The van der Waals surface area contributed by atoms with Gasteiger partial charge in [-0.3, -0.25) is 4.79 Å². The van der Waals surface area contributed by atoms with Gasteiger partial charge in [-0.05, 0) is 25.1 Å². The van der Waals surface area contributed by atoms with E-state index in [1.165, 1.54) is 5.57 Å². The van der Waals surface area contributed by atoms with Gasteiger partial charge in [-0.25, -0.2) is 0 Å². The molecule has 0 bridgehead atoms. The normalized spacial score (nSPS) is 22.5. The molecule has 2 rings (SSSR count). The molecule has 1 amide bonds. The van der Waals surface area contributed by atoms with E-state index in [9.17, 15) is 4.79 Å². The molecule has 1 N–H and O–H groups in total. The molecule has 1 saturated heterocycles. The topological polar surface area (TPSA) is 42.2 Å². The molecule has 1 aliphatic heterocycles. The smallest absolute Gasteiger partial charge is 0.220 e. The Bertz CT molecular complexity index is 351. The molecular formula is C11H13NO2. The minimum Gasteiger partial charge on any atom is -0.465 e. The average Bonchev–Trinajstić information content (AvgIpc) is 2.75. The Morgan fingerprint density at radius 3 is 3.14 bits per heavy atom. The first kappa shape index (κ1) is 9.06. The monoisotopic (exact) mass is 191 g/mol. The zero-order chi connectivity index (χ0) is 9.97. The van der Waals surface area contributed by atoms with Gasteiger partial charge in [0.2, 0.25) is 5.91 Å². The Morgan fingerprint density at radius 2 is 2.57 bits per heavy atom. The SMILES string of the molecule is C/C(=C\c1ccco1)C1CNC(=O)C1. The van der Waals surface area contributed by atoms with Crippen molar-refractivity contribution < 1.29 is 9.21 Å². The summed E-state index contributed by atoms with van der Waals surface area (Å²) in [4.78, 5) is 11.0. The quantitative estimate of drug-likeness (QED) is 0.774. The highest BCUT2D eigenvalue weighted by molar-refractivity contribution is 5.79. The van der Waals surface area contributed by atoms with Crippen LogP contribution in [0.1, 0.15) is 19.1 Å². The van der Waals surface area contributed by atoms with Crippen LogP contribution in [0, 0.1) is 5.92 Å². The van der Waals surface area contributed by atoms with Gasteiger partial charge in [0.15, 0.2) is 0 Å². The van der Waals surface area contributed by atoms with E-state index in [0.717, 1.165) is 12.3 Å². The highest BCUT2D eigenvalue weighted by Gasteiger charge is 2.22. The van der Waals surface area contributed by atoms with Crippen molar-refractivity contribution >= 4 is 12.0 Å². The molecular weight excluding hydrogens is 178 g/mol.